The molecule has 5 nitrogen and oxygen atoms in total. The molecule has 1 aromatic carbocycles. The SMILES string of the molecule is Cc1c(F)cc(N)c2c1CC(NC(=O)OC(C)(C)C)CC2=O. The maximum Gasteiger partial charge on any atom is 0.407 e. The molecule has 1 amide bonds. The second kappa shape index (κ2) is 5.59. The van der Waals surface area contributed by atoms with E-state index in [1.807, 2.05) is 0 Å². The quantitative estimate of drug-likeness (QED) is 0.782. The molecule has 1 atom stereocenters. The number of ether oxygens (including phenoxy) is 1. The smallest absolute Gasteiger partial charge is 0.407 e. The van der Waals surface area contributed by atoms with Gasteiger partial charge in [0.15, 0.2) is 5.78 Å². The number of nitrogen functional groups attached to an aromatic ring is 1. The summed E-state index contributed by atoms with van der Waals surface area (Å²) in [5.74, 6) is -0.634. The van der Waals surface area contributed by atoms with Gasteiger partial charge in [-0.15, -0.1) is 0 Å². The number of amides is 1. The minimum Gasteiger partial charge on any atom is -0.444 e. The molecule has 1 unspecified atom stereocenters. The molecule has 3 N–H and O–H groups in total. The first-order chi connectivity index (χ1) is 10.1. The van der Waals surface area contributed by atoms with E-state index in [-0.39, 0.29) is 17.9 Å². The molecule has 120 valence electrons. The summed E-state index contributed by atoms with van der Waals surface area (Å²) >= 11 is 0. The topological polar surface area (TPSA) is 81.4 Å². The first-order valence-electron chi connectivity index (χ1n) is 7.18. The van der Waals surface area contributed by atoms with Crippen molar-refractivity contribution in [2.45, 2.75) is 52.2 Å². The molecular weight excluding hydrogens is 287 g/mol. The van der Waals surface area contributed by atoms with Crippen molar-refractivity contribution in [2.75, 3.05) is 5.73 Å². The fraction of sp³-hybridized carbons (Fsp3) is 0.500. The van der Waals surface area contributed by atoms with Crippen molar-refractivity contribution in [1.82, 2.24) is 5.32 Å². The second-order valence-corrected chi connectivity index (χ2v) is 6.60. The average molecular weight is 308 g/mol. The zero-order valence-electron chi connectivity index (χ0n) is 13.2. The average Bonchev–Trinajstić information content (AvgIpc) is 2.32. The van der Waals surface area contributed by atoms with Gasteiger partial charge in [0.1, 0.15) is 11.4 Å². The van der Waals surface area contributed by atoms with Crippen molar-refractivity contribution in [1.29, 1.82) is 0 Å². The Hall–Kier alpha value is -2.11. The highest BCUT2D eigenvalue weighted by Gasteiger charge is 2.31. The van der Waals surface area contributed by atoms with Crippen LogP contribution in [0, 0.1) is 12.7 Å². The Balaban J connectivity index is 2.22. The minimum atomic E-state index is -0.618. The van der Waals surface area contributed by atoms with Crippen LogP contribution in [-0.4, -0.2) is 23.5 Å². The number of hydrogen-bond acceptors (Lipinski definition) is 4. The number of ketones is 1. The molecule has 0 spiro atoms. The molecule has 1 aliphatic carbocycles. The van der Waals surface area contributed by atoms with Crippen LogP contribution in [0.2, 0.25) is 0 Å². The molecular formula is C16H21FN2O3. The summed E-state index contributed by atoms with van der Waals surface area (Å²) in [6.07, 6.45) is -0.105. The van der Waals surface area contributed by atoms with E-state index in [0.717, 1.165) is 0 Å². The van der Waals surface area contributed by atoms with Gasteiger partial charge in [-0.2, -0.15) is 0 Å². The lowest BCUT2D eigenvalue weighted by Gasteiger charge is -2.28. The van der Waals surface area contributed by atoms with E-state index in [4.69, 9.17) is 10.5 Å². The first kappa shape index (κ1) is 16.3. The van der Waals surface area contributed by atoms with Crippen molar-refractivity contribution in [3.05, 3.63) is 28.6 Å². The van der Waals surface area contributed by atoms with Crippen LogP contribution in [-0.2, 0) is 11.2 Å². The molecule has 1 aromatic rings. The molecule has 6 heteroatoms. The van der Waals surface area contributed by atoms with E-state index in [0.29, 0.717) is 23.1 Å². The molecule has 22 heavy (non-hydrogen) atoms. The van der Waals surface area contributed by atoms with Crippen molar-refractivity contribution in [2.24, 2.45) is 0 Å². The van der Waals surface area contributed by atoms with Gasteiger partial charge in [0.05, 0.1) is 0 Å². The van der Waals surface area contributed by atoms with Gasteiger partial charge < -0.3 is 15.8 Å². The van der Waals surface area contributed by atoms with Gasteiger partial charge in [-0.1, -0.05) is 0 Å². The first-order valence-corrected chi connectivity index (χ1v) is 7.18. The fourth-order valence-corrected chi connectivity index (χ4v) is 2.63. The summed E-state index contributed by atoms with van der Waals surface area (Å²) in [5, 5.41) is 2.67. The van der Waals surface area contributed by atoms with Gasteiger partial charge in [-0.25, -0.2) is 9.18 Å². The van der Waals surface area contributed by atoms with Crippen LogP contribution >= 0.6 is 0 Å². The number of halogens is 1. The fourth-order valence-electron chi connectivity index (χ4n) is 2.63. The molecule has 0 bridgehead atoms. The number of carbonyl (C=O) groups is 2. The lowest BCUT2D eigenvalue weighted by atomic mass is 9.83. The molecule has 0 aliphatic heterocycles. The van der Waals surface area contributed by atoms with E-state index >= 15 is 0 Å². The highest BCUT2D eigenvalue weighted by atomic mass is 19.1. The monoisotopic (exact) mass is 308 g/mol. The van der Waals surface area contributed by atoms with Crippen LogP contribution in [0.4, 0.5) is 14.9 Å². The number of fused-ring (bicyclic) bond motifs is 1. The Morgan fingerprint density at radius 2 is 2.05 bits per heavy atom. The van der Waals surface area contributed by atoms with Crippen LogP contribution in [0.15, 0.2) is 6.07 Å². The Bertz CT molecular complexity index is 635. The summed E-state index contributed by atoms with van der Waals surface area (Å²) in [5.41, 5.74) is 6.63. The molecule has 0 heterocycles. The highest BCUT2D eigenvalue weighted by molar-refractivity contribution is 6.04. The zero-order chi connectivity index (χ0) is 16.7. The number of anilines is 1. The summed E-state index contributed by atoms with van der Waals surface area (Å²) in [6, 6.07) is 0.753. The van der Waals surface area contributed by atoms with E-state index < -0.39 is 23.6 Å². The number of alkyl carbamates (subject to hydrolysis) is 1. The lowest BCUT2D eigenvalue weighted by molar-refractivity contribution is 0.0500. The third-order valence-electron chi connectivity index (χ3n) is 3.57. The molecule has 0 fully saturated rings. The highest BCUT2D eigenvalue weighted by Crippen LogP contribution is 2.31. The minimum absolute atomic E-state index is 0.127. The van der Waals surface area contributed by atoms with Gasteiger partial charge in [0, 0.05) is 23.7 Å². The molecule has 1 aliphatic rings. The Labute approximate surface area is 129 Å². The number of rotatable bonds is 1. The number of Topliss-reactive ketones (excluding diaryl/α,β-unsaturated/α-hetero) is 1. The van der Waals surface area contributed by atoms with Crippen LogP contribution in [0.25, 0.3) is 0 Å². The summed E-state index contributed by atoms with van der Waals surface area (Å²) < 4.78 is 19.0. The number of nitrogens with two attached hydrogens (primary N) is 1. The zero-order valence-corrected chi connectivity index (χ0v) is 13.2. The van der Waals surface area contributed by atoms with Crippen molar-refractivity contribution in [3.8, 4) is 0 Å². The third kappa shape index (κ3) is 3.37. The molecule has 0 aromatic heterocycles. The van der Waals surface area contributed by atoms with Crippen LogP contribution in [0.5, 0.6) is 0 Å². The molecule has 0 saturated carbocycles. The van der Waals surface area contributed by atoms with Gasteiger partial charge in [0.25, 0.3) is 0 Å². The standard InChI is InChI=1S/C16H21FN2O3/c1-8-10-5-9(19-15(21)22-16(2,3)4)6-13(20)14(10)12(18)7-11(8)17/h7,9H,5-6,18H2,1-4H3,(H,19,21). The van der Waals surface area contributed by atoms with E-state index in [1.54, 1.807) is 27.7 Å². The van der Waals surface area contributed by atoms with Gasteiger partial charge in [-0.05, 0) is 51.3 Å². The number of benzene rings is 1. The normalized spacial score (nSPS) is 17.9. The van der Waals surface area contributed by atoms with Crippen molar-refractivity contribution >= 4 is 17.6 Å². The number of carbonyl (C=O) groups excluding carboxylic acids is 2. The van der Waals surface area contributed by atoms with Gasteiger partial charge in [-0.3, -0.25) is 4.79 Å². The van der Waals surface area contributed by atoms with Crippen LogP contribution < -0.4 is 11.1 Å². The van der Waals surface area contributed by atoms with Crippen LogP contribution in [0.3, 0.4) is 0 Å². The maximum atomic E-state index is 13.8. The second-order valence-electron chi connectivity index (χ2n) is 6.60. The lowest BCUT2D eigenvalue weighted by Crippen LogP contribution is -2.43. The Morgan fingerprint density at radius 1 is 1.41 bits per heavy atom. The Kier molecular flexibility index (Phi) is 4.13. The van der Waals surface area contributed by atoms with E-state index in [1.165, 1.54) is 6.07 Å². The van der Waals surface area contributed by atoms with Crippen LogP contribution in [0.1, 0.15) is 48.7 Å². The van der Waals surface area contributed by atoms with Gasteiger partial charge in [0.2, 0.25) is 0 Å². The Morgan fingerprint density at radius 3 is 2.64 bits per heavy atom. The number of nitrogens with one attached hydrogen (secondary N) is 1. The predicted octanol–water partition coefficient (Wildman–Crippen LogP) is 2.74. The molecule has 0 radical (unpaired) electrons. The van der Waals surface area contributed by atoms with Gasteiger partial charge >= 0.3 is 6.09 Å². The third-order valence-corrected chi connectivity index (χ3v) is 3.57. The van der Waals surface area contributed by atoms with E-state index in [9.17, 15) is 14.0 Å². The molecule has 2 rings (SSSR count). The summed E-state index contributed by atoms with van der Waals surface area (Å²) in [4.78, 5) is 24.1. The summed E-state index contributed by atoms with van der Waals surface area (Å²) in [7, 11) is 0. The maximum absolute atomic E-state index is 13.8. The van der Waals surface area contributed by atoms with E-state index in [2.05, 4.69) is 5.32 Å². The predicted molar refractivity (Wildman–Crippen MR) is 81.4 cm³/mol. The molecule has 0 saturated heterocycles. The van der Waals surface area contributed by atoms with Crippen molar-refractivity contribution < 1.29 is 18.7 Å². The number of hydrogen-bond donors (Lipinski definition) is 2. The van der Waals surface area contributed by atoms with Crippen molar-refractivity contribution in [3.63, 3.8) is 0 Å². The summed E-state index contributed by atoms with van der Waals surface area (Å²) in [6.45, 7) is 6.88. The largest absolute Gasteiger partial charge is 0.444 e.